The fraction of sp³-hybridized carbons (Fsp3) is 0.500. The number of rotatable bonds is 10. The van der Waals surface area contributed by atoms with Crippen molar-refractivity contribution in [2.45, 2.75) is 94.4 Å². The zero-order valence-corrected chi connectivity index (χ0v) is 27.9. The van der Waals surface area contributed by atoms with E-state index < -0.39 is 50.6 Å². The Hall–Kier alpha value is -3.67. The number of phenols is 2. The predicted octanol–water partition coefficient (Wildman–Crippen LogP) is 8.76. The summed E-state index contributed by atoms with van der Waals surface area (Å²) in [4.78, 5) is 44.9. The van der Waals surface area contributed by atoms with Crippen molar-refractivity contribution in [1.29, 1.82) is 0 Å². The molecular weight excluding hydrogens is 552 g/mol. The molecule has 2 aliphatic carbocycles. The fourth-order valence-corrected chi connectivity index (χ4v) is 7.08. The topological polar surface area (TPSA) is 112 Å². The monoisotopic (exact) mass is 602 g/mol. The molecule has 0 amide bonds. The predicted molar refractivity (Wildman–Crippen MR) is 176 cm³/mol. The summed E-state index contributed by atoms with van der Waals surface area (Å²) in [5.74, 6) is -3.61. The lowest BCUT2D eigenvalue weighted by molar-refractivity contribution is -0.177. The Morgan fingerprint density at radius 2 is 1.50 bits per heavy atom. The van der Waals surface area contributed by atoms with Crippen LogP contribution in [0.3, 0.4) is 0 Å². The van der Waals surface area contributed by atoms with Gasteiger partial charge in [0, 0.05) is 5.56 Å². The van der Waals surface area contributed by atoms with Gasteiger partial charge in [0.25, 0.3) is 0 Å². The summed E-state index contributed by atoms with van der Waals surface area (Å²) in [5.41, 5.74) is -0.453. The number of benzene rings is 1. The van der Waals surface area contributed by atoms with E-state index in [2.05, 4.69) is 18.7 Å². The van der Waals surface area contributed by atoms with E-state index in [1.807, 2.05) is 68.4 Å². The molecule has 2 aliphatic rings. The van der Waals surface area contributed by atoms with Crippen molar-refractivity contribution in [3.8, 4) is 11.5 Å². The second kappa shape index (κ2) is 12.7. The van der Waals surface area contributed by atoms with E-state index in [4.69, 9.17) is 0 Å². The molecule has 2 bridgehead atoms. The summed E-state index contributed by atoms with van der Waals surface area (Å²) in [5, 5.41) is 31.7. The maximum atomic E-state index is 15.2. The van der Waals surface area contributed by atoms with Gasteiger partial charge in [0.15, 0.2) is 28.8 Å². The average Bonchev–Trinajstić information content (AvgIpc) is 2.91. The van der Waals surface area contributed by atoms with Crippen LogP contribution in [0.2, 0.25) is 0 Å². The van der Waals surface area contributed by atoms with Gasteiger partial charge in [0.1, 0.15) is 16.7 Å². The highest BCUT2D eigenvalue weighted by molar-refractivity contribution is 6.41. The maximum absolute atomic E-state index is 15.2. The van der Waals surface area contributed by atoms with E-state index in [0.29, 0.717) is 12.8 Å². The molecular formula is C38H50O6. The van der Waals surface area contributed by atoms with Crippen molar-refractivity contribution < 1.29 is 29.7 Å². The van der Waals surface area contributed by atoms with Crippen molar-refractivity contribution in [3.63, 3.8) is 0 Å². The molecule has 6 heteroatoms. The van der Waals surface area contributed by atoms with Crippen molar-refractivity contribution in [3.05, 3.63) is 76.4 Å². The van der Waals surface area contributed by atoms with Crippen LogP contribution in [0.15, 0.2) is 70.9 Å². The van der Waals surface area contributed by atoms with Crippen molar-refractivity contribution >= 4 is 23.1 Å². The van der Waals surface area contributed by atoms with E-state index >= 15 is 4.79 Å². The minimum absolute atomic E-state index is 0.0110. The molecule has 2 fully saturated rings. The maximum Gasteiger partial charge on any atom is 0.184 e. The second-order valence-corrected chi connectivity index (χ2v) is 14.3. The lowest BCUT2D eigenvalue weighted by atomic mass is 9.38. The van der Waals surface area contributed by atoms with Crippen LogP contribution in [-0.2, 0) is 14.4 Å². The molecule has 4 atom stereocenters. The van der Waals surface area contributed by atoms with Gasteiger partial charge in [-0.3, -0.25) is 14.4 Å². The zero-order valence-electron chi connectivity index (χ0n) is 27.9. The standard InChI is InChI=1S/C38H50O6/c1-22(2)11-13-27(25(7)8)20-37-21-28(15-12-23(3)4)36(9,10)38(35(37)44,18-17-24(5)6)34(43)31(33(37)42)32(41)26-14-16-29(39)30(40)19-26/h11-12,14,16-17,19,27-28,39-41H,7,13,15,18,20-21H2,1-6,8-10H3/b32-31+/t27-,28-,37-,38+/m0/s1. The Labute approximate surface area is 263 Å². The summed E-state index contributed by atoms with van der Waals surface area (Å²) in [6, 6.07) is 3.65. The van der Waals surface area contributed by atoms with Crippen LogP contribution in [0.25, 0.3) is 5.76 Å². The molecule has 0 aliphatic heterocycles. The first-order valence-electron chi connectivity index (χ1n) is 15.5. The number of hydrogen-bond donors (Lipinski definition) is 3. The number of aliphatic hydroxyl groups is 1. The zero-order chi connectivity index (χ0) is 33.4. The molecule has 6 nitrogen and oxygen atoms in total. The van der Waals surface area contributed by atoms with Crippen molar-refractivity contribution in [2.24, 2.45) is 28.1 Å². The van der Waals surface area contributed by atoms with Gasteiger partial charge < -0.3 is 15.3 Å². The second-order valence-electron chi connectivity index (χ2n) is 14.3. The largest absolute Gasteiger partial charge is 0.506 e. The lowest BCUT2D eigenvalue weighted by Crippen LogP contribution is -2.69. The van der Waals surface area contributed by atoms with Gasteiger partial charge in [-0.1, -0.05) is 60.9 Å². The highest BCUT2D eigenvalue weighted by Gasteiger charge is 2.74. The number of Topliss-reactive ketones (excluding diaryl/α,β-unsaturated/α-hetero) is 3. The van der Waals surface area contributed by atoms with E-state index in [9.17, 15) is 24.9 Å². The summed E-state index contributed by atoms with van der Waals surface area (Å²) in [7, 11) is 0. The molecule has 0 saturated heterocycles. The summed E-state index contributed by atoms with van der Waals surface area (Å²) in [6.45, 7) is 21.9. The number of hydrogen-bond acceptors (Lipinski definition) is 6. The van der Waals surface area contributed by atoms with E-state index in [-0.39, 0.29) is 42.4 Å². The molecule has 0 heterocycles. The molecule has 44 heavy (non-hydrogen) atoms. The number of aliphatic hydroxyl groups excluding tert-OH is 1. The van der Waals surface area contributed by atoms with Crippen molar-refractivity contribution in [1.82, 2.24) is 0 Å². The normalized spacial score (nSPS) is 26.0. The number of carbonyl (C=O) groups excluding carboxylic acids is 3. The Morgan fingerprint density at radius 3 is 2.02 bits per heavy atom. The van der Waals surface area contributed by atoms with Crippen LogP contribution < -0.4 is 0 Å². The third kappa shape index (κ3) is 6.00. The summed E-state index contributed by atoms with van der Waals surface area (Å²) >= 11 is 0. The molecule has 0 spiro atoms. The van der Waals surface area contributed by atoms with Crippen LogP contribution >= 0.6 is 0 Å². The quantitative estimate of drug-likeness (QED) is 0.0616. The Balaban J connectivity index is 2.47. The first kappa shape index (κ1) is 34.8. The van der Waals surface area contributed by atoms with Crippen LogP contribution in [0, 0.1) is 28.1 Å². The van der Waals surface area contributed by atoms with Gasteiger partial charge in [0.2, 0.25) is 0 Å². The third-order valence-corrected chi connectivity index (χ3v) is 10.0. The van der Waals surface area contributed by atoms with Crippen LogP contribution in [0.4, 0.5) is 0 Å². The van der Waals surface area contributed by atoms with Crippen LogP contribution in [-0.4, -0.2) is 32.7 Å². The van der Waals surface area contributed by atoms with Gasteiger partial charge in [-0.15, -0.1) is 0 Å². The number of aromatic hydroxyl groups is 2. The molecule has 3 rings (SSSR count). The SMILES string of the molecule is C=C(C)[C@@H](CC=C(C)C)C[C@]12C[C@H](CC=C(C)C)C(C)(C)[C@](CC=C(C)C)(C(=O)/C(=C(/O)c3ccc(O)c(O)c3)C1=O)C2=O. The Morgan fingerprint density at radius 1 is 0.909 bits per heavy atom. The molecule has 238 valence electrons. The van der Waals surface area contributed by atoms with Gasteiger partial charge in [-0.05, 0) is 116 Å². The van der Waals surface area contributed by atoms with E-state index in [1.54, 1.807) is 0 Å². The smallest absolute Gasteiger partial charge is 0.184 e. The Bertz CT molecular complexity index is 1490. The average molecular weight is 603 g/mol. The van der Waals surface area contributed by atoms with Crippen LogP contribution in [0.1, 0.15) is 100.0 Å². The summed E-state index contributed by atoms with van der Waals surface area (Å²) in [6.07, 6.45) is 7.79. The number of ketones is 3. The van der Waals surface area contributed by atoms with Gasteiger partial charge >= 0.3 is 0 Å². The first-order valence-corrected chi connectivity index (χ1v) is 15.5. The van der Waals surface area contributed by atoms with Crippen LogP contribution in [0.5, 0.6) is 11.5 Å². The van der Waals surface area contributed by atoms with E-state index in [0.717, 1.165) is 28.4 Å². The Kier molecular flexibility index (Phi) is 10.1. The number of phenolic OH excluding ortho intramolecular Hbond substituents is 2. The minimum Gasteiger partial charge on any atom is -0.506 e. The van der Waals surface area contributed by atoms with Gasteiger partial charge in [-0.25, -0.2) is 0 Å². The molecule has 3 N–H and O–H groups in total. The molecule has 0 radical (unpaired) electrons. The number of allylic oxidation sites excluding steroid dienone is 8. The van der Waals surface area contributed by atoms with Gasteiger partial charge in [-0.2, -0.15) is 0 Å². The highest BCUT2D eigenvalue weighted by Crippen LogP contribution is 2.66. The summed E-state index contributed by atoms with van der Waals surface area (Å²) < 4.78 is 0. The molecule has 0 unspecified atom stereocenters. The van der Waals surface area contributed by atoms with Gasteiger partial charge in [0.05, 0.1) is 5.41 Å². The first-order chi connectivity index (χ1) is 20.3. The van der Waals surface area contributed by atoms with E-state index in [1.165, 1.54) is 12.1 Å². The molecule has 0 aromatic heterocycles. The lowest BCUT2D eigenvalue weighted by Gasteiger charge is -2.60. The number of carbonyl (C=O) groups is 3. The highest BCUT2D eigenvalue weighted by atomic mass is 16.3. The molecule has 2 saturated carbocycles. The minimum atomic E-state index is -1.62. The van der Waals surface area contributed by atoms with Crippen molar-refractivity contribution in [2.75, 3.05) is 0 Å². The fourth-order valence-electron chi connectivity index (χ4n) is 7.08. The molecule has 1 aromatic rings. The molecule has 1 aromatic carbocycles. The third-order valence-electron chi connectivity index (χ3n) is 10.0. The number of fused-ring (bicyclic) bond motifs is 2.